The van der Waals surface area contributed by atoms with Crippen LogP contribution in [-0.4, -0.2) is 16.3 Å². The molecule has 1 aromatic heterocycles. The van der Waals surface area contributed by atoms with Crippen molar-refractivity contribution in [2.75, 3.05) is 17.6 Å². The summed E-state index contributed by atoms with van der Waals surface area (Å²) in [6.45, 7) is 0.723. The second-order valence-electron chi connectivity index (χ2n) is 4.16. The fourth-order valence-corrected chi connectivity index (χ4v) is 1.64. The predicted molar refractivity (Wildman–Crippen MR) is 66.5 cm³/mol. The molecule has 2 aromatic rings. The SMILES string of the molecule is Nc1cnn(CCNc2ccc(C(F)(F)F)cc2F)c1. The molecule has 0 atom stereocenters. The summed E-state index contributed by atoms with van der Waals surface area (Å²) in [6, 6.07) is 2.36. The fraction of sp³-hybridized carbons (Fsp3) is 0.250. The average molecular weight is 288 g/mol. The predicted octanol–water partition coefficient (Wildman–Crippen LogP) is 2.74. The third kappa shape index (κ3) is 3.40. The van der Waals surface area contributed by atoms with E-state index in [4.69, 9.17) is 5.73 Å². The lowest BCUT2D eigenvalue weighted by Crippen LogP contribution is -2.12. The van der Waals surface area contributed by atoms with E-state index in [2.05, 4.69) is 10.4 Å². The number of halogens is 4. The number of nitrogen functional groups attached to an aromatic ring is 1. The molecule has 0 radical (unpaired) electrons. The van der Waals surface area contributed by atoms with Crippen molar-refractivity contribution < 1.29 is 17.6 Å². The van der Waals surface area contributed by atoms with Crippen LogP contribution in [0.2, 0.25) is 0 Å². The molecule has 1 heterocycles. The lowest BCUT2D eigenvalue weighted by molar-refractivity contribution is -0.137. The molecule has 0 aliphatic heterocycles. The topological polar surface area (TPSA) is 55.9 Å². The molecule has 0 unspecified atom stereocenters. The van der Waals surface area contributed by atoms with Gasteiger partial charge in [-0.1, -0.05) is 0 Å². The molecule has 8 heteroatoms. The third-order valence-corrected chi connectivity index (χ3v) is 2.61. The van der Waals surface area contributed by atoms with Crippen LogP contribution in [0.1, 0.15) is 5.56 Å². The molecule has 0 bridgehead atoms. The van der Waals surface area contributed by atoms with Gasteiger partial charge in [-0.25, -0.2) is 4.39 Å². The van der Waals surface area contributed by atoms with E-state index in [-0.39, 0.29) is 5.69 Å². The molecule has 0 aliphatic carbocycles. The molecule has 0 amide bonds. The standard InChI is InChI=1S/C12H12F4N4/c13-10-5-8(12(14,15)16)1-2-11(10)18-3-4-20-7-9(17)6-19-20/h1-2,5-7,18H,3-4,17H2. The minimum absolute atomic E-state index is 0.0122. The molecule has 20 heavy (non-hydrogen) atoms. The van der Waals surface area contributed by atoms with Gasteiger partial charge in [-0.3, -0.25) is 4.68 Å². The zero-order valence-corrected chi connectivity index (χ0v) is 10.3. The van der Waals surface area contributed by atoms with E-state index in [1.165, 1.54) is 6.20 Å². The van der Waals surface area contributed by atoms with Gasteiger partial charge in [0, 0.05) is 12.7 Å². The first-order valence-corrected chi connectivity index (χ1v) is 5.75. The van der Waals surface area contributed by atoms with E-state index in [0.717, 1.165) is 12.1 Å². The van der Waals surface area contributed by atoms with Gasteiger partial charge >= 0.3 is 6.18 Å². The highest BCUT2D eigenvalue weighted by atomic mass is 19.4. The first kappa shape index (κ1) is 14.2. The second kappa shape index (κ2) is 5.40. The Morgan fingerprint density at radius 1 is 1.30 bits per heavy atom. The Labute approximate surface area is 112 Å². The van der Waals surface area contributed by atoms with E-state index in [1.807, 2.05) is 0 Å². The summed E-state index contributed by atoms with van der Waals surface area (Å²) in [5.74, 6) is -0.945. The monoisotopic (exact) mass is 288 g/mol. The summed E-state index contributed by atoms with van der Waals surface area (Å²) in [5.41, 5.74) is 4.98. The number of nitrogens with zero attached hydrogens (tertiary/aromatic N) is 2. The van der Waals surface area contributed by atoms with Crippen molar-refractivity contribution in [1.29, 1.82) is 0 Å². The zero-order chi connectivity index (χ0) is 14.8. The Balaban J connectivity index is 1.96. The van der Waals surface area contributed by atoms with Crippen LogP contribution < -0.4 is 11.1 Å². The highest BCUT2D eigenvalue weighted by molar-refractivity contribution is 5.46. The summed E-state index contributed by atoms with van der Waals surface area (Å²) in [5, 5.41) is 6.63. The maximum atomic E-state index is 13.5. The summed E-state index contributed by atoms with van der Waals surface area (Å²) in [7, 11) is 0. The van der Waals surface area contributed by atoms with Crippen molar-refractivity contribution in [2.24, 2.45) is 0 Å². The third-order valence-electron chi connectivity index (χ3n) is 2.61. The Kier molecular flexibility index (Phi) is 3.82. The van der Waals surface area contributed by atoms with Crippen molar-refractivity contribution >= 4 is 11.4 Å². The van der Waals surface area contributed by atoms with E-state index >= 15 is 0 Å². The molecule has 1 aromatic carbocycles. The molecule has 108 valence electrons. The number of anilines is 2. The molecule has 0 spiro atoms. The van der Waals surface area contributed by atoms with Crippen LogP contribution in [0.25, 0.3) is 0 Å². The number of alkyl halides is 3. The molecule has 4 nitrogen and oxygen atoms in total. The van der Waals surface area contributed by atoms with Gasteiger partial charge in [0.05, 0.1) is 29.7 Å². The quantitative estimate of drug-likeness (QED) is 0.851. The highest BCUT2D eigenvalue weighted by Crippen LogP contribution is 2.31. The number of hydrogen-bond acceptors (Lipinski definition) is 3. The van der Waals surface area contributed by atoms with Gasteiger partial charge in [-0.15, -0.1) is 0 Å². The zero-order valence-electron chi connectivity index (χ0n) is 10.3. The van der Waals surface area contributed by atoms with Gasteiger partial charge in [0.25, 0.3) is 0 Å². The minimum Gasteiger partial charge on any atom is -0.396 e. The van der Waals surface area contributed by atoms with Gasteiger partial charge < -0.3 is 11.1 Å². The first-order valence-electron chi connectivity index (χ1n) is 5.75. The molecule has 2 rings (SSSR count). The smallest absolute Gasteiger partial charge is 0.396 e. The van der Waals surface area contributed by atoms with Crippen LogP contribution >= 0.6 is 0 Å². The lowest BCUT2D eigenvalue weighted by atomic mass is 10.2. The molecule has 0 aliphatic rings. The van der Waals surface area contributed by atoms with Crippen molar-refractivity contribution in [3.05, 3.63) is 42.0 Å². The summed E-state index contributed by atoms with van der Waals surface area (Å²) in [6.07, 6.45) is -1.48. The highest BCUT2D eigenvalue weighted by Gasteiger charge is 2.31. The van der Waals surface area contributed by atoms with E-state index in [1.54, 1.807) is 10.9 Å². The Morgan fingerprint density at radius 3 is 2.60 bits per heavy atom. The maximum Gasteiger partial charge on any atom is 0.416 e. The maximum absolute atomic E-state index is 13.5. The number of benzene rings is 1. The average Bonchev–Trinajstić information content (AvgIpc) is 2.76. The Hall–Kier alpha value is -2.25. The molecule has 0 saturated carbocycles. The largest absolute Gasteiger partial charge is 0.416 e. The lowest BCUT2D eigenvalue weighted by Gasteiger charge is -2.11. The number of aromatic nitrogens is 2. The van der Waals surface area contributed by atoms with Gasteiger partial charge in [0.1, 0.15) is 5.82 Å². The Bertz CT molecular complexity index is 591. The van der Waals surface area contributed by atoms with Crippen LogP contribution in [0.4, 0.5) is 28.9 Å². The molecular weight excluding hydrogens is 276 g/mol. The second-order valence-corrected chi connectivity index (χ2v) is 4.16. The van der Waals surface area contributed by atoms with Gasteiger partial charge in [-0.05, 0) is 18.2 Å². The van der Waals surface area contributed by atoms with Crippen molar-refractivity contribution in [2.45, 2.75) is 12.7 Å². The van der Waals surface area contributed by atoms with E-state index in [9.17, 15) is 17.6 Å². The normalized spacial score (nSPS) is 11.6. The Morgan fingerprint density at radius 2 is 2.05 bits per heavy atom. The van der Waals surface area contributed by atoms with E-state index in [0.29, 0.717) is 24.8 Å². The van der Waals surface area contributed by atoms with Gasteiger partial charge in [0.15, 0.2) is 0 Å². The number of rotatable bonds is 4. The summed E-state index contributed by atoms with van der Waals surface area (Å²) in [4.78, 5) is 0. The fourth-order valence-electron chi connectivity index (χ4n) is 1.64. The number of hydrogen-bond donors (Lipinski definition) is 2. The minimum atomic E-state index is -4.55. The molecule has 0 fully saturated rings. The number of nitrogens with two attached hydrogens (primary N) is 1. The van der Waals surface area contributed by atoms with Crippen LogP contribution in [0.3, 0.4) is 0 Å². The van der Waals surface area contributed by atoms with Gasteiger partial charge in [0.2, 0.25) is 0 Å². The summed E-state index contributed by atoms with van der Waals surface area (Å²) < 4.78 is 52.1. The van der Waals surface area contributed by atoms with Crippen LogP contribution in [0.15, 0.2) is 30.6 Å². The van der Waals surface area contributed by atoms with Crippen molar-refractivity contribution in [1.82, 2.24) is 9.78 Å². The van der Waals surface area contributed by atoms with Crippen LogP contribution in [0, 0.1) is 5.82 Å². The molecule has 3 N–H and O–H groups in total. The molecular formula is C12H12F4N4. The van der Waals surface area contributed by atoms with Gasteiger partial charge in [-0.2, -0.15) is 18.3 Å². The van der Waals surface area contributed by atoms with E-state index < -0.39 is 17.6 Å². The van der Waals surface area contributed by atoms with Crippen LogP contribution in [-0.2, 0) is 12.7 Å². The molecule has 0 saturated heterocycles. The number of nitrogens with one attached hydrogen (secondary N) is 1. The van der Waals surface area contributed by atoms with Crippen molar-refractivity contribution in [3.8, 4) is 0 Å². The first-order chi connectivity index (χ1) is 9.36. The van der Waals surface area contributed by atoms with Crippen molar-refractivity contribution in [3.63, 3.8) is 0 Å². The van der Waals surface area contributed by atoms with Crippen LogP contribution in [0.5, 0.6) is 0 Å². The summed E-state index contributed by atoms with van der Waals surface area (Å²) >= 11 is 0.